The molecule has 1 aromatic carbocycles. The second kappa shape index (κ2) is 11.5. The van der Waals surface area contributed by atoms with Gasteiger partial charge in [0.2, 0.25) is 5.91 Å². The minimum absolute atomic E-state index is 0. The highest BCUT2D eigenvalue weighted by molar-refractivity contribution is 6.03. The van der Waals surface area contributed by atoms with Gasteiger partial charge in [-0.25, -0.2) is 4.98 Å². The van der Waals surface area contributed by atoms with Crippen molar-refractivity contribution in [2.75, 3.05) is 10.6 Å². The maximum absolute atomic E-state index is 12.0. The Morgan fingerprint density at radius 2 is 1.73 bits per heavy atom. The van der Waals surface area contributed by atoms with Crippen molar-refractivity contribution in [1.29, 1.82) is 0 Å². The predicted molar refractivity (Wildman–Crippen MR) is 109 cm³/mol. The molecule has 1 heterocycles. The molecule has 0 bridgehead atoms. The van der Waals surface area contributed by atoms with Gasteiger partial charge in [0.25, 0.3) is 5.91 Å². The average Bonchev–Trinajstić information content (AvgIpc) is 2.62. The first-order chi connectivity index (χ1) is 11.5. The molecule has 2 atom stereocenters. The van der Waals surface area contributed by atoms with E-state index in [9.17, 15) is 9.59 Å². The number of amides is 2. The molecular formula is C18H24Cl2N4O2. The van der Waals surface area contributed by atoms with Gasteiger partial charge in [-0.15, -0.1) is 24.8 Å². The van der Waals surface area contributed by atoms with E-state index in [1.165, 1.54) is 6.20 Å². The average molecular weight is 399 g/mol. The number of pyridine rings is 1. The van der Waals surface area contributed by atoms with E-state index in [-0.39, 0.29) is 42.5 Å². The van der Waals surface area contributed by atoms with Crippen LogP contribution in [0.5, 0.6) is 0 Å². The van der Waals surface area contributed by atoms with E-state index in [4.69, 9.17) is 5.73 Å². The lowest BCUT2D eigenvalue weighted by Gasteiger charge is -2.17. The van der Waals surface area contributed by atoms with Crippen molar-refractivity contribution in [3.8, 4) is 0 Å². The van der Waals surface area contributed by atoms with Crippen molar-refractivity contribution >= 4 is 48.1 Å². The Morgan fingerprint density at radius 1 is 1.08 bits per heavy atom. The number of rotatable bonds is 6. The zero-order chi connectivity index (χ0) is 17.5. The number of hydrogen-bond donors (Lipinski definition) is 3. The molecule has 0 saturated heterocycles. The van der Waals surface area contributed by atoms with E-state index in [1.54, 1.807) is 36.4 Å². The number of anilines is 2. The van der Waals surface area contributed by atoms with Crippen molar-refractivity contribution in [1.82, 2.24) is 4.98 Å². The number of aromatic nitrogens is 1. The maximum atomic E-state index is 12.0. The number of carbonyl (C=O) groups is 2. The molecule has 1 aromatic heterocycles. The predicted octanol–water partition coefficient (Wildman–Crippen LogP) is 3.49. The molecule has 0 radical (unpaired) electrons. The Bertz CT molecular complexity index is 696. The summed E-state index contributed by atoms with van der Waals surface area (Å²) in [6.07, 6.45) is 2.32. The van der Waals surface area contributed by atoms with Crippen LogP contribution in [0.3, 0.4) is 0 Å². The van der Waals surface area contributed by atoms with Crippen LogP contribution in [0.15, 0.2) is 48.7 Å². The quantitative estimate of drug-likeness (QED) is 0.693. The van der Waals surface area contributed by atoms with E-state index in [0.29, 0.717) is 17.1 Å². The van der Waals surface area contributed by atoms with E-state index in [0.717, 1.165) is 6.42 Å². The summed E-state index contributed by atoms with van der Waals surface area (Å²) in [5, 5.41) is 5.43. The first-order valence-corrected chi connectivity index (χ1v) is 7.90. The number of nitrogens with two attached hydrogens (primary N) is 1. The highest BCUT2D eigenvalue weighted by atomic mass is 35.5. The van der Waals surface area contributed by atoms with Gasteiger partial charge in [-0.05, 0) is 30.2 Å². The molecule has 0 aliphatic carbocycles. The van der Waals surface area contributed by atoms with Crippen LogP contribution in [0.2, 0.25) is 0 Å². The molecule has 2 amide bonds. The zero-order valence-electron chi connectivity index (χ0n) is 14.6. The Kier molecular flexibility index (Phi) is 10.5. The monoisotopic (exact) mass is 398 g/mol. The number of benzene rings is 1. The number of hydrogen-bond acceptors (Lipinski definition) is 4. The second-order valence-electron chi connectivity index (χ2n) is 5.65. The summed E-state index contributed by atoms with van der Waals surface area (Å²) in [7, 11) is 0. The van der Waals surface area contributed by atoms with Gasteiger partial charge in [0, 0.05) is 5.56 Å². The topological polar surface area (TPSA) is 97.1 Å². The minimum Gasteiger partial charge on any atom is -0.323 e. The van der Waals surface area contributed by atoms with Gasteiger partial charge in [-0.2, -0.15) is 0 Å². The zero-order valence-corrected chi connectivity index (χ0v) is 16.3. The number of halogens is 2. The van der Waals surface area contributed by atoms with E-state index >= 15 is 0 Å². The third kappa shape index (κ3) is 6.63. The standard InChI is InChI=1S/C18H22N4O2.2ClH/c1-3-12(2)16(19)18(24)21-14-9-10-15(20-11-14)22-17(23)13-7-5-4-6-8-13;;/h4-12,16H,3,19H2,1-2H3,(H,21,24)(H,20,22,23);2*1H. The molecule has 0 saturated carbocycles. The molecular weight excluding hydrogens is 375 g/mol. The van der Waals surface area contributed by atoms with Gasteiger partial charge >= 0.3 is 0 Å². The van der Waals surface area contributed by atoms with Gasteiger partial charge in [-0.1, -0.05) is 38.5 Å². The fraction of sp³-hybridized carbons (Fsp3) is 0.278. The van der Waals surface area contributed by atoms with Crippen molar-refractivity contribution in [3.63, 3.8) is 0 Å². The van der Waals surface area contributed by atoms with Crippen LogP contribution < -0.4 is 16.4 Å². The highest BCUT2D eigenvalue weighted by Gasteiger charge is 2.19. The Morgan fingerprint density at radius 3 is 2.27 bits per heavy atom. The van der Waals surface area contributed by atoms with Gasteiger partial charge < -0.3 is 16.4 Å². The largest absolute Gasteiger partial charge is 0.323 e. The smallest absolute Gasteiger partial charge is 0.256 e. The van der Waals surface area contributed by atoms with Crippen molar-refractivity contribution in [2.24, 2.45) is 11.7 Å². The summed E-state index contributed by atoms with van der Waals surface area (Å²) in [5.74, 6) is 0.0290. The second-order valence-corrected chi connectivity index (χ2v) is 5.65. The molecule has 2 unspecified atom stereocenters. The lowest BCUT2D eigenvalue weighted by molar-refractivity contribution is -0.118. The van der Waals surface area contributed by atoms with Crippen LogP contribution in [-0.2, 0) is 4.79 Å². The van der Waals surface area contributed by atoms with Crippen LogP contribution in [0.1, 0.15) is 30.6 Å². The van der Waals surface area contributed by atoms with Gasteiger partial charge in [-0.3, -0.25) is 9.59 Å². The number of nitrogens with zero attached hydrogens (tertiary/aromatic N) is 1. The Labute approximate surface area is 165 Å². The Hall–Kier alpha value is -2.15. The molecule has 0 spiro atoms. The van der Waals surface area contributed by atoms with Crippen molar-refractivity contribution in [2.45, 2.75) is 26.3 Å². The molecule has 26 heavy (non-hydrogen) atoms. The fourth-order valence-corrected chi connectivity index (χ4v) is 2.06. The molecule has 2 aromatic rings. The van der Waals surface area contributed by atoms with Gasteiger partial charge in [0.15, 0.2) is 0 Å². The van der Waals surface area contributed by atoms with Gasteiger partial charge in [0.1, 0.15) is 5.82 Å². The summed E-state index contributed by atoms with van der Waals surface area (Å²) in [5.41, 5.74) is 6.98. The maximum Gasteiger partial charge on any atom is 0.256 e. The van der Waals surface area contributed by atoms with Crippen LogP contribution in [0, 0.1) is 5.92 Å². The number of nitrogens with one attached hydrogen (secondary N) is 2. The van der Waals surface area contributed by atoms with E-state index in [2.05, 4.69) is 15.6 Å². The van der Waals surface area contributed by atoms with Crippen LogP contribution >= 0.6 is 24.8 Å². The van der Waals surface area contributed by atoms with Crippen LogP contribution in [0.25, 0.3) is 0 Å². The molecule has 0 aliphatic heterocycles. The third-order valence-corrected chi connectivity index (χ3v) is 3.87. The molecule has 0 fully saturated rings. The molecule has 8 heteroatoms. The summed E-state index contributed by atoms with van der Waals surface area (Å²) >= 11 is 0. The summed E-state index contributed by atoms with van der Waals surface area (Å²) in [6.45, 7) is 3.92. The Balaban J connectivity index is 0.00000312. The fourth-order valence-electron chi connectivity index (χ4n) is 2.06. The molecule has 0 aliphatic rings. The SMILES string of the molecule is CCC(C)C(N)C(=O)Nc1ccc(NC(=O)c2ccccc2)nc1.Cl.Cl. The normalized spacial score (nSPS) is 12.0. The summed E-state index contributed by atoms with van der Waals surface area (Å²) < 4.78 is 0. The van der Waals surface area contributed by atoms with E-state index in [1.807, 2.05) is 19.9 Å². The molecule has 2 rings (SSSR count). The molecule has 142 valence electrons. The lowest BCUT2D eigenvalue weighted by Crippen LogP contribution is -2.40. The number of carbonyl (C=O) groups excluding carboxylic acids is 2. The summed E-state index contributed by atoms with van der Waals surface area (Å²) in [4.78, 5) is 28.2. The van der Waals surface area contributed by atoms with Crippen LogP contribution in [-0.4, -0.2) is 22.8 Å². The highest BCUT2D eigenvalue weighted by Crippen LogP contribution is 2.13. The molecule has 6 nitrogen and oxygen atoms in total. The first kappa shape index (κ1) is 23.9. The van der Waals surface area contributed by atoms with Crippen molar-refractivity contribution < 1.29 is 9.59 Å². The van der Waals surface area contributed by atoms with Crippen LogP contribution in [0.4, 0.5) is 11.5 Å². The van der Waals surface area contributed by atoms with Crippen molar-refractivity contribution in [3.05, 3.63) is 54.2 Å². The molecule has 4 N–H and O–H groups in total. The third-order valence-electron chi connectivity index (χ3n) is 3.87. The lowest BCUT2D eigenvalue weighted by atomic mass is 9.99. The van der Waals surface area contributed by atoms with E-state index < -0.39 is 6.04 Å². The minimum atomic E-state index is -0.563. The first-order valence-electron chi connectivity index (χ1n) is 7.90. The summed E-state index contributed by atoms with van der Waals surface area (Å²) in [6, 6.07) is 11.6. The van der Waals surface area contributed by atoms with Gasteiger partial charge in [0.05, 0.1) is 17.9 Å².